The molecule has 0 saturated heterocycles. The molecule has 0 bridgehead atoms. The van der Waals surface area contributed by atoms with E-state index in [1.807, 2.05) is 6.92 Å². The number of anilines is 1. The molecular weight excluding hydrogens is 390 g/mol. The van der Waals surface area contributed by atoms with Crippen molar-refractivity contribution in [3.05, 3.63) is 44.3 Å². The van der Waals surface area contributed by atoms with E-state index < -0.39 is 0 Å². The number of rotatable bonds is 5. The van der Waals surface area contributed by atoms with Crippen LogP contribution in [0, 0.1) is 6.92 Å². The topological polar surface area (TPSA) is 82.5 Å². The number of nitrogens with zero attached hydrogens (tertiary/aromatic N) is 2. The number of aromatic nitrogens is 2. The van der Waals surface area contributed by atoms with Gasteiger partial charge in [-0.3, -0.25) is 14.2 Å². The standard InChI is InChI=1S/C18H18ClN3O4S/c1-5-22-8-20-17-14(18(22)24)9(2)15(27-17)16(23)21-11-6-10(19)12(25-3)7-13(11)26-4/h6-8H,5H2,1-4H3,(H,21,23). The van der Waals surface area contributed by atoms with Gasteiger partial charge in [-0.25, -0.2) is 4.98 Å². The molecule has 0 fully saturated rings. The number of hydrogen-bond acceptors (Lipinski definition) is 6. The summed E-state index contributed by atoms with van der Waals surface area (Å²) in [5.41, 5.74) is 0.857. The zero-order chi connectivity index (χ0) is 19.7. The summed E-state index contributed by atoms with van der Waals surface area (Å²) in [5.74, 6) is 0.487. The van der Waals surface area contributed by atoms with Crippen LogP contribution in [0.2, 0.25) is 5.02 Å². The lowest BCUT2D eigenvalue weighted by Gasteiger charge is -2.13. The first-order valence-corrected chi connectivity index (χ1v) is 9.32. The summed E-state index contributed by atoms with van der Waals surface area (Å²) in [6, 6.07) is 3.15. The number of ether oxygens (including phenoxy) is 2. The van der Waals surface area contributed by atoms with Crippen LogP contribution in [0.5, 0.6) is 11.5 Å². The summed E-state index contributed by atoms with van der Waals surface area (Å²) in [6.07, 6.45) is 1.49. The molecule has 3 rings (SSSR count). The van der Waals surface area contributed by atoms with Crippen LogP contribution in [0.3, 0.4) is 0 Å². The third-order valence-corrected chi connectivity index (χ3v) is 5.68. The molecule has 1 N–H and O–H groups in total. The number of carbonyl (C=O) groups excluding carboxylic acids is 1. The highest BCUT2D eigenvalue weighted by molar-refractivity contribution is 7.20. The van der Waals surface area contributed by atoms with E-state index in [-0.39, 0.29) is 11.5 Å². The van der Waals surface area contributed by atoms with Crippen LogP contribution in [0.4, 0.5) is 5.69 Å². The van der Waals surface area contributed by atoms with Crippen LogP contribution >= 0.6 is 22.9 Å². The Labute approximate surface area is 164 Å². The predicted octanol–water partition coefficient (Wildman–Crippen LogP) is 3.71. The molecule has 0 saturated carbocycles. The van der Waals surface area contributed by atoms with E-state index in [9.17, 15) is 9.59 Å². The minimum atomic E-state index is -0.363. The SMILES string of the molecule is CCn1cnc2sc(C(=O)Nc3cc(Cl)c(OC)cc3OC)c(C)c2c1=O. The number of carbonyl (C=O) groups is 1. The number of methoxy groups -OCH3 is 2. The van der Waals surface area contributed by atoms with Gasteiger partial charge in [-0.2, -0.15) is 0 Å². The lowest BCUT2D eigenvalue weighted by atomic mass is 10.2. The van der Waals surface area contributed by atoms with Crippen LogP contribution in [0.1, 0.15) is 22.2 Å². The molecule has 0 aliphatic heterocycles. The Morgan fingerprint density at radius 2 is 2.00 bits per heavy atom. The van der Waals surface area contributed by atoms with E-state index in [1.54, 1.807) is 19.1 Å². The van der Waals surface area contributed by atoms with Crippen molar-refractivity contribution >= 4 is 44.7 Å². The smallest absolute Gasteiger partial charge is 0.266 e. The Bertz CT molecular complexity index is 1090. The van der Waals surface area contributed by atoms with Gasteiger partial charge in [-0.05, 0) is 25.5 Å². The third kappa shape index (κ3) is 3.38. The van der Waals surface area contributed by atoms with Crippen molar-refractivity contribution in [2.75, 3.05) is 19.5 Å². The summed E-state index contributed by atoms with van der Waals surface area (Å²) in [7, 11) is 2.98. The van der Waals surface area contributed by atoms with Crippen molar-refractivity contribution in [3.8, 4) is 11.5 Å². The molecular formula is C18H18ClN3O4S. The molecule has 0 aliphatic rings. The van der Waals surface area contributed by atoms with Crippen molar-refractivity contribution < 1.29 is 14.3 Å². The van der Waals surface area contributed by atoms with Gasteiger partial charge >= 0.3 is 0 Å². The third-order valence-electron chi connectivity index (χ3n) is 4.19. The lowest BCUT2D eigenvalue weighted by Crippen LogP contribution is -2.19. The van der Waals surface area contributed by atoms with E-state index in [1.165, 1.54) is 36.5 Å². The number of hydrogen-bond donors (Lipinski definition) is 1. The zero-order valence-corrected chi connectivity index (χ0v) is 16.8. The van der Waals surface area contributed by atoms with Crippen LogP contribution in [-0.2, 0) is 6.54 Å². The quantitative estimate of drug-likeness (QED) is 0.697. The summed E-state index contributed by atoms with van der Waals surface area (Å²) >= 11 is 7.33. The van der Waals surface area contributed by atoms with E-state index in [0.29, 0.717) is 49.4 Å². The highest BCUT2D eigenvalue weighted by Crippen LogP contribution is 2.36. The Morgan fingerprint density at radius 1 is 1.30 bits per heavy atom. The maximum absolute atomic E-state index is 12.8. The van der Waals surface area contributed by atoms with Gasteiger partial charge in [0.1, 0.15) is 16.3 Å². The van der Waals surface area contributed by atoms with Crippen LogP contribution in [0.25, 0.3) is 10.2 Å². The van der Waals surface area contributed by atoms with Crippen LogP contribution in [-0.4, -0.2) is 29.7 Å². The largest absolute Gasteiger partial charge is 0.495 e. The second kappa shape index (κ2) is 7.58. The molecule has 7 nitrogen and oxygen atoms in total. The molecule has 0 unspecified atom stereocenters. The molecule has 0 aliphatic carbocycles. The molecule has 0 radical (unpaired) electrons. The van der Waals surface area contributed by atoms with Crippen molar-refractivity contribution in [1.29, 1.82) is 0 Å². The fourth-order valence-corrected chi connectivity index (χ4v) is 4.01. The van der Waals surface area contributed by atoms with Crippen molar-refractivity contribution in [3.63, 3.8) is 0 Å². The summed E-state index contributed by atoms with van der Waals surface area (Å²) in [5, 5.41) is 3.60. The van der Waals surface area contributed by atoms with Crippen molar-refractivity contribution in [2.45, 2.75) is 20.4 Å². The average molecular weight is 408 g/mol. The number of amides is 1. The Balaban J connectivity index is 2.03. The minimum absolute atomic E-state index is 0.152. The summed E-state index contributed by atoms with van der Waals surface area (Å²) in [6.45, 7) is 4.12. The Kier molecular flexibility index (Phi) is 5.38. The summed E-state index contributed by atoms with van der Waals surface area (Å²) in [4.78, 5) is 30.6. The van der Waals surface area contributed by atoms with Gasteiger partial charge in [0.05, 0.1) is 41.5 Å². The zero-order valence-electron chi connectivity index (χ0n) is 15.3. The Hall–Kier alpha value is -2.58. The summed E-state index contributed by atoms with van der Waals surface area (Å²) < 4.78 is 12.0. The minimum Gasteiger partial charge on any atom is -0.495 e. The van der Waals surface area contributed by atoms with E-state index in [2.05, 4.69) is 10.3 Å². The Morgan fingerprint density at radius 3 is 2.63 bits per heavy atom. The van der Waals surface area contributed by atoms with Gasteiger partial charge in [0.15, 0.2) is 0 Å². The van der Waals surface area contributed by atoms with Gasteiger partial charge in [0, 0.05) is 12.6 Å². The number of aryl methyl sites for hydroxylation is 2. The molecule has 2 aromatic heterocycles. The van der Waals surface area contributed by atoms with Crippen molar-refractivity contribution in [1.82, 2.24) is 9.55 Å². The first kappa shape index (κ1) is 19.2. The first-order chi connectivity index (χ1) is 12.9. The molecule has 9 heteroatoms. The second-order valence-electron chi connectivity index (χ2n) is 5.71. The van der Waals surface area contributed by atoms with Gasteiger partial charge in [-0.1, -0.05) is 11.6 Å². The molecule has 3 aromatic rings. The maximum atomic E-state index is 12.8. The van der Waals surface area contributed by atoms with E-state index in [0.717, 1.165) is 0 Å². The monoisotopic (exact) mass is 407 g/mol. The number of fused-ring (bicyclic) bond motifs is 1. The first-order valence-electron chi connectivity index (χ1n) is 8.12. The predicted molar refractivity (Wildman–Crippen MR) is 107 cm³/mol. The van der Waals surface area contributed by atoms with Gasteiger partial charge in [0.2, 0.25) is 0 Å². The number of nitrogens with one attached hydrogen (secondary N) is 1. The highest BCUT2D eigenvalue weighted by Gasteiger charge is 2.21. The second-order valence-corrected chi connectivity index (χ2v) is 7.12. The average Bonchev–Trinajstić information content (AvgIpc) is 3.00. The maximum Gasteiger partial charge on any atom is 0.266 e. The molecule has 0 spiro atoms. The number of thiophene rings is 1. The normalized spacial score (nSPS) is 10.9. The van der Waals surface area contributed by atoms with Crippen LogP contribution < -0.4 is 20.3 Å². The van der Waals surface area contributed by atoms with Gasteiger partial charge in [-0.15, -0.1) is 11.3 Å². The van der Waals surface area contributed by atoms with Crippen LogP contribution in [0.15, 0.2) is 23.3 Å². The molecule has 27 heavy (non-hydrogen) atoms. The van der Waals surface area contributed by atoms with E-state index in [4.69, 9.17) is 21.1 Å². The van der Waals surface area contributed by atoms with Gasteiger partial charge in [0.25, 0.3) is 11.5 Å². The molecule has 142 valence electrons. The van der Waals surface area contributed by atoms with Gasteiger partial charge < -0.3 is 14.8 Å². The lowest BCUT2D eigenvalue weighted by molar-refractivity contribution is 0.102. The number of halogens is 1. The fraction of sp³-hybridized carbons (Fsp3) is 0.278. The molecule has 1 amide bonds. The highest BCUT2D eigenvalue weighted by atomic mass is 35.5. The molecule has 1 aromatic carbocycles. The molecule has 0 atom stereocenters. The van der Waals surface area contributed by atoms with Crippen molar-refractivity contribution in [2.24, 2.45) is 0 Å². The molecule has 2 heterocycles. The van der Waals surface area contributed by atoms with E-state index >= 15 is 0 Å². The number of benzene rings is 1. The fourth-order valence-electron chi connectivity index (χ4n) is 2.74.